The summed E-state index contributed by atoms with van der Waals surface area (Å²) in [7, 11) is 0. The molecule has 1 aromatic carbocycles. The quantitative estimate of drug-likeness (QED) is 0.663. The first-order valence-corrected chi connectivity index (χ1v) is 6.51. The monoisotopic (exact) mass is 279 g/mol. The van der Waals surface area contributed by atoms with Crippen molar-refractivity contribution in [2.75, 3.05) is 17.6 Å². The van der Waals surface area contributed by atoms with Gasteiger partial charge in [-0.15, -0.1) is 0 Å². The summed E-state index contributed by atoms with van der Waals surface area (Å²) in [6.07, 6.45) is 3.20. The maximum absolute atomic E-state index is 12.2. The molecule has 5 nitrogen and oxygen atoms in total. The van der Waals surface area contributed by atoms with E-state index in [1.807, 2.05) is 0 Å². The smallest absolute Gasteiger partial charge is 0.197 e. The van der Waals surface area contributed by atoms with Gasteiger partial charge in [0, 0.05) is 23.9 Å². The molecule has 1 heterocycles. The summed E-state index contributed by atoms with van der Waals surface area (Å²) >= 11 is 0. The van der Waals surface area contributed by atoms with E-state index in [0.717, 1.165) is 0 Å². The van der Waals surface area contributed by atoms with Crippen LogP contribution in [0.15, 0.2) is 54.2 Å². The van der Waals surface area contributed by atoms with Crippen LogP contribution in [0.3, 0.4) is 0 Å². The number of nitrogen functional groups attached to an aromatic ring is 1. The number of carbonyl (C=O) groups is 2. The van der Waals surface area contributed by atoms with Gasteiger partial charge in [0.2, 0.25) is 0 Å². The molecule has 5 heteroatoms. The summed E-state index contributed by atoms with van der Waals surface area (Å²) in [4.78, 5) is 28.4. The Labute approximate surface area is 121 Å². The summed E-state index contributed by atoms with van der Waals surface area (Å²) in [6.45, 7) is 0.308. The number of nitrogens with two attached hydrogens (primary N) is 1. The highest BCUT2D eigenvalue weighted by Crippen LogP contribution is 2.25. The van der Waals surface area contributed by atoms with E-state index < -0.39 is 0 Å². The molecular formula is C16H13N3O2. The number of fused-ring (bicyclic) bond motifs is 1. The van der Waals surface area contributed by atoms with Crippen molar-refractivity contribution in [1.29, 1.82) is 0 Å². The lowest BCUT2D eigenvalue weighted by atomic mass is 10.1. The Morgan fingerprint density at radius 3 is 2.33 bits per heavy atom. The Bertz CT molecular complexity index is 729. The summed E-state index contributed by atoms with van der Waals surface area (Å²) < 4.78 is 0. The number of ketones is 2. The van der Waals surface area contributed by atoms with Gasteiger partial charge in [-0.2, -0.15) is 0 Å². The van der Waals surface area contributed by atoms with Crippen LogP contribution in [0, 0.1) is 0 Å². The SMILES string of the molecule is Nc1cccnc1NCC=C1C(=O)c2ccccc2C1=O. The van der Waals surface area contributed by atoms with Gasteiger partial charge in [-0.3, -0.25) is 9.59 Å². The highest BCUT2D eigenvalue weighted by molar-refractivity contribution is 6.39. The average molecular weight is 279 g/mol. The van der Waals surface area contributed by atoms with Crippen molar-refractivity contribution in [3.05, 3.63) is 65.4 Å². The zero-order valence-corrected chi connectivity index (χ0v) is 11.2. The number of anilines is 2. The van der Waals surface area contributed by atoms with Crippen LogP contribution < -0.4 is 11.1 Å². The molecule has 0 atom stereocenters. The zero-order chi connectivity index (χ0) is 14.8. The van der Waals surface area contributed by atoms with Crippen LogP contribution in [-0.2, 0) is 0 Å². The molecule has 1 aromatic heterocycles. The van der Waals surface area contributed by atoms with E-state index in [9.17, 15) is 9.59 Å². The number of nitrogens with one attached hydrogen (secondary N) is 1. The number of benzene rings is 1. The molecule has 0 saturated heterocycles. The molecule has 3 N–H and O–H groups in total. The van der Waals surface area contributed by atoms with Gasteiger partial charge < -0.3 is 11.1 Å². The van der Waals surface area contributed by atoms with Gasteiger partial charge in [-0.1, -0.05) is 30.3 Å². The van der Waals surface area contributed by atoms with E-state index >= 15 is 0 Å². The second-order valence-electron chi connectivity index (χ2n) is 4.64. The third-order valence-electron chi connectivity index (χ3n) is 3.32. The number of allylic oxidation sites excluding steroid dienone is 1. The molecule has 3 rings (SSSR count). The number of Topliss-reactive ketones (excluding diaryl/α,β-unsaturated/α-hetero) is 2. The van der Waals surface area contributed by atoms with E-state index in [4.69, 9.17) is 5.73 Å². The fourth-order valence-corrected chi connectivity index (χ4v) is 2.27. The van der Waals surface area contributed by atoms with E-state index in [1.54, 1.807) is 48.7 Å². The highest BCUT2D eigenvalue weighted by Gasteiger charge is 2.32. The molecule has 0 unspecified atom stereocenters. The van der Waals surface area contributed by atoms with Gasteiger partial charge in [-0.25, -0.2) is 4.98 Å². The molecule has 1 aliphatic carbocycles. The number of rotatable bonds is 3. The molecule has 0 bridgehead atoms. The third kappa shape index (κ3) is 2.29. The Kier molecular flexibility index (Phi) is 3.23. The minimum absolute atomic E-state index is 0.193. The molecule has 0 fully saturated rings. The number of aromatic nitrogens is 1. The van der Waals surface area contributed by atoms with E-state index in [0.29, 0.717) is 29.2 Å². The number of nitrogens with zero attached hydrogens (tertiary/aromatic N) is 1. The normalized spacial score (nSPS) is 13.2. The van der Waals surface area contributed by atoms with Gasteiger partial charge >= 0.3 is 0 Å². The van der Waals surface area contributed by atoms with Crippen molar-refractivity contribution in [1.82, 2.24) is 4.98 Å². The van der Waals surface area contributed by atoms with Gasteiger partial charge in [0.05, 0.1) is 11.3 Å². The lowest BCUT2D eigenvalue weighted by Gasteiger charge is -2.05. The van der Waals surface area contributed by atoms with Crippen molar-refractivity contribution in [2.24, 2.45) is 0 Å². The Morgan fingerprint density at radius 1 is 1.05 bits per heavy atom. The zero-order valence-electron chi connectivity index (χ0n) is 11.2. The van der Waals surface area contributed by atoms with Crippen molar-refractivity contribution < 1.29 is 9.59 Å². The molecule has 2 aromatic rings. The fraction of sp³-hybridized carbons (Fsp3) is 0.0625. The van der Waals surface area contributed by atoms with E-state index in [2.05, 4.69) is 10.3 Å². The maximum Gasteiger partial charge on any atom is 0.197 e. The first-order valence-electron chi connectivity index (χ1n) is 6.51. The summed E-state index contributed by atoms with van der Waals surface area (Å²) in [6, 6.07) is 10.3. The minimum Gasteiger partial charge on any atom is -0.396 e. The fourth-order valence-electron chi connectivity index (χ4n) is 2.27. The average Bonchev–Trinajstić information content (AvgIpc) is 2.74. The summed E-state index contributed by atoms with van der Waals surface area (Å²) in [5.74, 6) is 0.0718. The lowest BCUT2D eigenvalue weighted by Crippen LogP contribution is -2.08. The van der Waals surface area contributed by atoms with Crippen LogP contribution in [0.1, 0.15) is 20.7 Å². The van der Waals surface area contributed by atoms with Crippen LogP contribution in [0.5, 0.6) is 0 Å². The van der Waals surface area contributed by atoms with E-state index in [1.165, 1.54) is 0 Å². The van der Waals surface area contributed by atoms with Gasteiger partial charge in [0.1, 0.15) is 5.82 Å². The minimum atomic E-state index is -0.230. The molecule has 21 heavy (non-hydrogen) atoms. The van der Waals surface area contributed by atoms with Gasteiger partial charge in [0.15, 0.2) is 11.6 Å². The van der Waals surface area contributed by atoms with Crippen molar-refractivity contribution in [3.8, 4) is 0 Å². The molecular weight excluding hydrogens is 266 g/mol. The molecule has 0 aliphatic heterocycles. The Balaban J connectivity index is 1.78. The highest BCUT2D eigenvalue weighted by atomic mass is 16.2. The maximum atomic E-state index is 12.2. The third-order valence-corrected chi connectivity index (χ3v) is 3.32. The number of hydrogen-bond acceptors (Lipinski definition) is 5. The summed E-state index contributed by atoms with van der Waals surface area (Å²) in [5.41, 5.74) is 7.40. The first-order chi connectivity index (χ1) is 10.2. The van der Waals surface area contributed by atoms with Crippen molar-refractivity contribution in [2.45, 2.75) is 0 Å². The molecule has 0 saturated carbocycles. The lowest BCUT2D eigenvalue weighted by molar-refractivity contribution is 0.0988. The number of hydrogen-bond donors (Lipinski definition) is 2. The predicted octanol–water partition coefficient (Wildman–Crippen LogP) is 2.08. The second kappa shape index (κ2) is 5.20. The second-order valence-corrected chi connectivity index (χ2v) is 4.64. The van der Waals surface area contributed by atoms with Crippen LogP contribution in [0.2, 0.25) is 0 Å². The van der Waals surface area contributed by atoms with Crippen LogP contribution >= 0.6 is 0 Å². The molecule has 0 spiro atoms. The standard InChI is InChI=1S/C16H13N3O2/c17-13-6-3-8-18-16(13)19-9-7-12-14(20)10-4-1-2-5-11(10)15(12)21/h1-8H,9,17H2,(H,18,19). The molecule has 104 valence electrons. The first kappa shape index (κ1) is 13.1. The number of pyridine rings is 1. The summed E-state index contributed by atoms with van der Waals surface area (Å²) in [5, 5.41) is 2.99. The molecule has 0 radical (unpaired) electrons. The Morgan fingerprint density at radius 2 is 1.71 bits per heavy atom. The van der Waals surface area contributed by atoms with Crippen LogP contribution in [0.25, 0.3) is 0 Å². The van der Waals surface area contributed by atoms with Gasteiger partial charge in [-0.05, 0) is 12.1 Å². The van der Waals surface area contributed by atoms with E-state index in [-0.39, 0.29) is 17.1 Å². The predicted molar refractivity (Wildman–Crippen MR) is 80.3 cm³/mol. The van der Waals surface area contributed by atoms with Crippen LogP contribution in [-0.4, -0.2) is 23.1 Å². The topological polar surface area (TPSA) is 85.1 Å². The number of carbonyl (C=O) groups excluding carboxylic acids is 2. The Hall–Kier alpha value is -2.95. The largest absolute Gasteiger partial charge is 0.396 e. The molecule has 1 aliphatic rings. The van der Waals surface area contributed by atoms with Crippen LogP contribution in [0.4, 0.5) is 11.5 Å². The van der Waals surface area contributed by atoms with Crippen molar-refractivity contribution >= 4 is 23.1 Å². The van der Waals surface area contributed by atoms with Crippen molar-refractivity contribution in [3.63, 3.8) is 0 Å². The molecule has 0 amide bonds. The van der Waals surface area contributed by atoms with Gasteiger partial charge in [0.25, 0.3) is 0 Å².